The number of esters is 1. The van der Waals surface area contributed by atoms with E-state index in [4.69, 9.17) is 9.47 Å². The van der Waals surface area contributed by atoms with Gasteiger partial charge < -0.3 is 9.47 Å². The molecule has 0 saturated heterocycles. The summed E-state index contributed by atoms with van der Waals surface area (Å²) >= 11 is 0. The minimum absolute atomic E-state index is 0.217. The van der Waals surface area contributed by atoms with Gasteiger partial charge in [0.25, 0.3) is 0 Å². The van der Waals surface area contributed by atoms with Crippen LogP contribution in [0.5, 0.6) is 5.75 Å². The van der Waals surface area contributed by atoms with Crippen molar-refractivity contribution in [3.05, 3.63) is 29.8 Å². The van der Waals surface area contributed by atoms with Crippen molar-refractivity contribution >= 4 is 5.97 Å². The van der Waals surface area contributed by atoms with E-state index in [1.54, 1.807) is 0 Å². The Kier molecular flexibility index (Phi) is 2.74. The van der Waals surface area contributed by atoms with Crippen molar-refractivity contribution in [2.24, 2.45) is 0 Å². The molecule has 1 unspecified atom stereocenters. The molecular weight excluding hydrogens is 230 g/mol. The smallest absolute Gasteiger partial charge is 0.331 e. The van der Waals surface area contributed by atoms with E-state index in [2.05, 4.69) is 5.32 Å². The van der Waals surface area contributed by atoms with Crippen LogP contribution < -0.4 is 10.1 Å². The van der Waals surface area contributed by atoms with Crippen LogP contribution in [0.25, 0.3) is 0 Å². The molecular formula is C14H17NO3. The molecule has 1 atom stereocenters. The average Bonchev–Trinajstić information content (AvgIpc) is 3.22. The molecule has 0 bridgehead atoms. The highest BCUT2D eigenvalue weighted by Gasteiger charge is 2.48. The average molecular weight is 247 g/mol. The number of hydrogen-bond acceptors (Lipinski definition) is 4. The summed E-state index contributed by atoms with van der Waals surface area (Å²) in [5.74, 6) is 0.562. The maximum Gasteiger partial charge on any atom is 0.331 e. The number of benzene rings is 1. The van der Waals surface area contributed by atoms with E-state index < -0.39 is 5.54 Å². The Bertz CT molecular complexity index is 470. The Labute approximate surface area is 106 Å². The molecule has 1 saturated carbocycles. The second-order valence-corrected chi connectivity index (χ2v) is 4.91. The van der Waals surface area contributed by atoms with Gasteiger partial charge in [-0.3, -0.25) is 5.32 Å². The van der Waals surface area contributed by atoms with Crippen molar-refractivity contribution in [1.82, 2.24) is 5.32 Å². The number of fused-ring (bicyclic) bond motifs is 1. The molecule has 4 heteroatoms. The van der Waals surface area contributed by atoms with Crippen LogP contribution in [0.1, 0.15) is 24.8 Å². The summed E-state index contributed by atoms with van der Waals surface area (Å²) in [4.78, 5) is 12.3. The van der Waals surface area contributed by atoms with Gasteiger partial charge in [-0.25, -0.2) is 4.79 Å². The van der Waals surface area contributed by atoms with Crippen LogP contribution >= 0.6 is 0 Å². The van der Waals surface area contributed by atoms with Crippen molar-refractivity contribution in [1.29, 1.82) is 0 Å². The minimum atomic E-state index is -0.731. The van der Waals surface area contributed by atoms with E-state index in [1.807, 2.05) is 24.3 Å². The SMILES string of the molecule is COC(=O)C1(NC2CC2)CCOc2ccccc21. The van der Waals surface area contributed by atoms with Gasteiger partial charge in [0.05, 0.1) is 13.7 Å². The molecule has 0 amide bonds. The molecule has 1 heterocycles. The largest absolute Gasteiger partial charge is 0.493 e. The van der Waals surface area contributed by atoms with Crippen LogP contribution in [0.4, 0.5) is 0 Å². The first kappa shape index (κ1) is 11.5. The van der Waals surface area contributed by atoms with Gasteiger partial charge in [0.2, 0.25) is 0 Å². The number of carbonyl (C=O) groups is 1. The molecule has 1 aliphatic heterocycles. The highest BCUT2D eigenvalue weighted by Crippen LogP contribution is 2.40. The van der Waals surface area contributed by atoms with E-state index in [9.17, 15) is 4.79 Å². The normalized spacial score (nSPS) is 26.1. The number of carbonyl (C=O) groups excluding carboxylic acids is 1. The molecule has 96 valence electrons. The summed E-state index contributed by atoms with van der Waals surface area (Å²) in [6.45, 7) is 0.534. The van der Waals surface area contributed by atoms with Crippen LogP contribution in [0.2, 0.25) is 0 Å². The van der Waals surface area contributed by atoms with Gasteiger partial charge in [-0.15, -0.1) is 0 Å². The summed E-state index contributed by atoms with van der Waals surface area (Å²) < 4.78 is 10.6. The molecule has 1 aromatic carbocycles. The maximum atomic E-state index is 12.3. The van der Waals surface area contributed by atoms with Crippen molar-refractivity contribution in [3.8, 4) is 5.75 Å². The quantitative estimate of drug-likeness (QED) is 0.824. The van der Waals surface area contributed by atoms with Gasteiger partial charge in [0, 0.05) is 18.0 Å². The molecule has 4 nitrogen and oxygen atoms in total. The zero-order chi connectivity index (χ0) is 12.6. The molecule has 1 aliphatic carbocycles. The Morgan fingerprint density at radius 3 is 2.94 bits per heavy atom. The Morgan fingerprint density at radius 2 is 2.22 bits per heavy atom. The fraction of sp³-hybridized carbons (Fsp3) is 0.500. The van der Waals surface area contributed by atoms with Crippen LogP contribution in [0.3, 0.4) is 0 Å². The third kappa shape index (κ3) is 1.77. The van der Waals surface area contributed by atoms with Crippen molar-refractivity contribution in [2.45, 2.75) is 30.8 Å². The third-order valence-corrected chi connectivity index (χ3v) is 3.64. The lowest BCUT2D eigenvalue weighted by Crippen LogP contribution is -2.53. The fourth-order valence-corrected chi connectivity index (χ4v) is 2.57. The van der Waals surface area contributed by atoms with E-state index in [0.29, 0.717) is 19.1 Å². The van der Waals surface area contributed by atoms with Crippen LogP contribution in [-0.2, 0) is 15.1 Å². The number of rotatable bonds is 3. The van der Waals surface area contributed by atoms with Gasteiger partial charge in [-0.1, -0.05) is 18.2 Å². The molecule has 18 heavy (non-hydrogen) atoms. The van der Waals surface area contributed by atoms with Crippen LogP contribution in [-0.4, -0.2) is 25.7 Å². The summed E-state index contributed by atoms with van der Waals surface area (Å²) in [6.07, 6.45) is 2.87. The van der Waals surface area contributed by atoms with Gasteiger partial charge in [-0.2, -0.15) is 0 Å². The molecule has 2 aliphatic rings. The number of methoxy groups -OCH3 is 1. The van der Waals surface area contributed by atoms with Crippen molar-refractivity contribution in [2.75, 3.05) is 13.7 Å². The van der Waals surface area contributed by atoms with E-state index in [0.717, 1.165) is 24.2 Å². The first-order valence-electron chi connectivity index (χ1n) is 6.35. The number of ether oxygens (including phenoxy) is 2. The predicted octanol–water partition coefficient (Wildman–Crippen LogP) is 1.59. The number of para-hydroxylation sites is 1. The van der Waals surface area contributed by atoms with Crippen molar-refractivity contribution in [3.63, 3.8) is 0 Å². The summed E-state index contributed by atoms with van der Waals surface area (Å²) in [5.41, 5.74) is 0.167. The Balaban J connectivity index is 2.05. The lowest BCUT2D eigenvalue weighted by atomic mass is 9.84. The van der Waals surface area contributed by atoms with Gasteiger partial charge in [0.1, 0.15) is 11.3 Å². The molecule has 0 aromatic heterocycles. The van der Waals surface area contributed by atoms with Gasteiger partial charge in [0.15, 0.2) is 0 Å². The molecule has 3 rings (SSSR count). The second-order valence-electron chi connectivity index (χ2n) is 4.91. The third-order valence-electron chi connectivity index (χ3n) is 3.64. The monoisotopic (exact) mass is 247 g/mol. The fourth-order valence-electron chi connectivity index (χ4n) is 2.57. The van der Waals surface area contributed by atoms with E-state index >= 15 is 0 Å². The summed E-state index contributed by atoms with van der Waals surface area (Å²) in [7, 11) is 1.44. The highest BCUT2D eigenvalue weighted by atomic mass is 16.5. The summed E-state index contributed by atoms with van der Waals surface area (Å²) in [5, 5.41) is 3.46. The molecule has 1 N–H and O–H groups in total. The molecule has 0 spiro atoms. The summed E-state index contributed by atoms with van der Waals surface area (Å²) in [6, 6.07) is 8.13. The Hall–Kier alpha value is -1.55. The van der Waals surface area contributed by atoms with Crippen LogP contribution in [0.15, 0.2) is 24.3 Å². The molecule has 0 radical (unpaired) electrons. The zero-order valence-electron chi connectivity index (χ0n) is 10.4. The second kappa shape index (κ2) is 4.28. The zero-order valence-corrected chi connectivity index (χ0v) is 10.4. The Morgan fingerprint density at radius 1 is 1.44 bits per heavy atom. The maximum absolute atomic E-state index is 12.3. The first-order valence-corrected chi connectivity index (χ1v) is 6.35. The van der Waals surface area contributed by atoms with Crippen molar-refractivity contribution < 1.29 is 14.3 Å². The number of hydrogen-bond donors (Lipinski definition) is 1. The van der Waals surface area contributed by atoms with Crippen LogP contribution in [0, 0.1) is 0 Å². The molecule has 1 aromatic rings. The van der Waals surface area contributed by atoms with Gasteiger partial charge >= 0.3 is 5.97 Å². The van der Waals surface area contributed by atoms with E-state index in [-0.39, 0.29) is 5.97 Å². The highest BCUT2D eigenvalue weighted by molar-refractivity contribution is 5.84. The standard InChI is InChI=1S/C14H17NO3/c1-17-13(16)14(15-10-6-7-10)8-9-18-12-5-3-2-4-11(12)14/h2-5,10,15H,6-9H2,1H3. The lowest BCUT2D eigenvalue weighted by Gasteiger charge is -2.37. The minimum Gasteiger partial charge on any atom is -0.493 e. The van der Waals surface area contributed by atoms with E-state index in [1.165, 1.54) is 7.11 Å². The topological polar surface area (TPSA) is 47.6 Å². The number of nitrogens with one attached hydrogen (secondary N) is 1. The lowest BCUT2D eigenvalue weighted by molar-refractivity contribution is -0.150. The van der Waals surface area contributed by atoms with Gasteiger partial charge in [-0.05, 0) is 18.9 Å². The molecule has 1 fully saturated rings. The first-order chi connectivity index (χ1) is 8.76. The predicted molar refractivity (Wildman–Crippen MR) is 66.4 cm³/mol.